The number of aliphatic hydroxyl groups is 1. The van der Waals surface area contributed by atoms with E-state index in [1.807, 2.05) is 30.3 Å². The highest BCUT2D eigenvalue weighted by Gasteiger charge is 2.23. The number of nitro benzene ring substituents is 1. The molecule has 1 atom stereocenters. The SMILES string of the molecule is Cc1ccc([N+](=O)[O-])c(C(=O)NC(CCCO)c2ccccc2)c1. The molecule has 0 aliphatic carbocycles. The normalized spacial score (nSPS) is 11.8. The van der Waals surface area contributed by atoms with Crippen LogP contribution in [-0.4, -0.2) is 22.5 Å². The molecule has 2 aromatic carbocycles. The Labute approximate surface area is 140 Å². The molecule has 0 aromatic heterocycles. The second-order valence-corrected chi connectivity index (χ2v) is 5.58. The number of hydrogen-bond acceptors (Lipinski definition) is 4. The second kappa shape index (κ2) is 8.21. The Morgan fingerprint density at radius 2 is 1.96 bits per heavy atom. The van der Waals surface area contributed by atoms with Gasteiger partial charge in [-0.25, -0.2) is 0 Å². The zero-order valence-corrected chi connectivity index (χ0v) is 13.4. The summed E-state index contributed by atoms with van der Waals surface area (Å²) in [5.74, 6) is -0.489. The Hall–Kier alpha value is -2.73. The minimum absolute atomic E-state index is 0.0177. The Morgan fingerprint density at radius 3 is 2.58 bits per heavy atom. The zero-order valence-electron chi connectivity index (χ0n) is 13.4. The first kappa shape index (κ1) is 17.6. The number of amides is 1. The van der Waals surface area contributed by atoms with Crippen LogP contribution in [0, 0.1) is 17.0 Å². The molecule has 0 aliphatic heterocycles. The monoisotopic (exact) mass is 328 g/mol. The van der Waals surface area contributed by atoms with Gasteiger partial charge in [0.2, 0.25) is 0 Å². The van der Waals surface area contributed by atoms with Crippen molar-refractivity contribution in [2.75, 3.05) is 6.61 Å². The number of nitrogens with one attached hydrogen (secondary N) is 1. The third kappa shape index (κ3) is 4.39. The Kier molecular flexibility index (Phi) is 6.03. The van der Waals surface area contributed by atoms with Crippen LogP contribution in [0.4, 0.5) is 5.69 Å². The van der Waals surface area contributed by atoms with Gasteiger partial charge >= 0.3 is 0 Å². The maximum absolute atomic E-state index is 12.6. The third-order valence-corrected chi connectivity index (χ3v) is 3.75. The summed E-state index contributed by atoms with van der Waals surface area (Å²) >= 11 is 0. The lowest BCUT2D eigenvalue weighted by atomic mass is 10.0. The minimum atomic E-state index is -0.556. The van der Waals surface area contributed by atoms with Crippen molar-refractivity contribution >= 4 is 11.6 Å². The number of hydrogen-bond donors (Lipinski definition) is 2. The molecule has 0 spiro atoms. The number of aryl methyl sites for hydroxylation is 1. The molecule has 126 valence electrons. The summed E-state index contributed by atoms with van der Waals surface area (Å²) < 4.78 is 0. The van der Waals surface area contributed by atoms with E-state index in [1.165, 1.54) is 12.1 Å². The largest absolute Gasteiger partial charge is 0.396 e. The predicted molar refractivity (Wildman–Crippen MR) is 90.8 cm³/mol. The molecule has 2 N–H and O–H groups in total. The van der Waals surface area contributed by atoms with Gasteiger partial charge in [-0.3, -0.25) is 14.9 Å². The molecular weight excluding hydrogens is 308 g/mol. The first-order chi connectivity index (χ1) is 11.5. The highest BCUT2D eigenvalue weighted by Crippen LogP contribution is 2.23. The van der Waals surface area contributed by atoms with Gasteiger partial charge in [-0.1, -0.05) is 36.4 Å². The average molecular weight is 328 g/mol. The van der Waals surface area contributed by atoms with Crippen molar-refractivity contribution in [1.82, 2.24) is 5.32 Å². The fourth-order valence-electron chi connectivity index (χ4n) is 2.53. The Morgan fingerprint density at radius 1 is 1.25 bits per heavy atom. The van der Waals surface area contributed by atoms with Crippen molar-refractivity contribution in [3.63, 3.8) is 0 Å². The van der Waals surface area contributed by atoms with Crippen LogP contribution in [0.1, 0.15) is 40.4 Å². The molecule has 6 nitrogen and oxygen atoms in total. The van der Waals surface area contributed by atoms with Crippen LogP contribution in [0.15, 0.2) is 48.5 Å². The zero-order chi connectivity index (χ0) is 17.5. The molecule has 2 rings (SSSR count). The summed E-state index contributed by atoms with van der Waals surface area (Å²) in [4.78, 5) is 23.2. The second-order valence-electron chi connectivity index (χ2n) is 5.58. The number of carbonyl (C=O) groups excluding carboxylic acids is 1. The fraction of sp³-hybridized carbons (Fsp3) is 0.278. The van der Waals surface area contributed by atoms with Gasteiger partial charge in [0.15, 0.2) is 0 Å². The van der Waals surface area contributed by atoms with Crippen molar-refractivity contribution in [3.05, 3.63) is 75.3 Å². The van der Waals surface area contributed by atoms with E-state index in [1.54, 1.807) is 13.0 Å². The van der Waals surface area contributed by atoms with Crippen LogP contribution in [0.2, 0.25) is 0 Å². The average Bonchev–Trinajstić information content (AvgIpc) is 2.58. The van der Waals surface area contributed by atoms with Gasteiger partial charge in [0.25, 0.3) is 11.6 Å². The molecule has 1 unspecified atom stereocenters. The summed E-state index contributed by atoms with van der Waals surface area (Å²) in [5.41, 5.74) is 1.50. The number of aliphatic hydroxyl groups excluding tert-OH is 1. The van der Waals surface area contributed by atoms with Crippen molar-refractivity contribution < 1.29 is 14.8 Å². The molecule has 24 heavy (non-hydrogen) atoms. The van der Waals surface area contributed by atoms with Crippen LogP contribution in [0.5, 0.6) is 0 Å². The summed E-state index contributed by atoms with van der Waals surface area (Å²) in [6.07, 6.45) is 1.07. The van der Waals surface area contributed by atoms with E-state index >= 15 is 0 Å². The molecule has 0 aliphatic rings. The lowest BCUT2D eigenvalue weighted by Crippen LogP contribution is -2.29. The predicted octanol–water partition coefficient (Wildman–Crippen LogP) is 3.15. The topological polar surface area (TPSA) is 92.5 Å². The quantitative estimate of drug-likeness (QED) is 0.603. The number of benzene rings is 2. The molecule has 6 heteroatoms. The maximum atomic E-state index is 12.6. The molecule has 0 bridgehead atoms. The highest BCUT2D eigenvalue weighted by molar-refractivity contribution is 5.98. The smallest absolute Gasteiger partial charge is 0.282 e. The molecule has 0 radical (unpaired) electrons. The number of nitrogens with zero attached hydrogens (tertiary/aromatic N) is 1. The van der Waals surface area contributed by atoms with Crippen LogP contribution >= 0.6 is 0 Å². The lowest BCUT2D eigenvalue weighted by molar-refractivity contribution is -0.385. The minimum Gasteiger partial charge on any atom is -0.396 e. The third-order valence-electron chi connectivity index (χ3n) is 3.75. The van der Waals surface area contributed by atoms with Crippen molar-refractivity contribution in [3.8, 4) is 0 Å². The van der Waals surface area contributed by atoms with E-state index in [9.17, 15) is 14.9 Å². The molecule has 2 aromatic rings. The lowest BCUT2D eigenvalue weighted by Gasteiger charge is -2.19. The van der Waals surface area contributed by atoms with Gasteiger partial charge in [-0.05, 0) is 37.0 Å². The van der Waals surface area contributed by atoms with Crippen molar-refractivity contribution in [2.24, 2.45) is 0 Å². The Bertz CT molecular complexity index is 716. The van der Waals surface area contributed by atoms with Crippen molar-refractivity contribution in [2.45, 2.75) is 25.8 Å². The molecular formula is C18H20N2O4. The van der Waals surface area contributed by atoms with Crippen LogP contribution in [0.3, 0.4) is 0 Å². The standard InChI is InChI=1S/C18H20N2O4/c1-13-9-10-17(20(23)24)15(12-13)18(22)19-16(8-5-11-21)14-6-3-2-4-7-14/h2-4,6-7,9-10,12,16,21H,5,8,11H2,1H3,(H,19,22). The molecule has 0 fully saturated rings. The van der Waals surface area contributed by atoms with Gasteiger partial charge in [0.05, 0.1) is 11.0 Å². The van der Waals surface area contributed by atoms with Crippen LogP contribution in [0.25, 0.3) is 0 Å². The van der Waals surface area contributed by atoms with E-state index in [2.05, 4.69) is 5.32 Å². The molecule has 1 amide bonds. The molecule has 0 saturated carbocycles. The van der Waals surface area contributed by atoms with E-state index in [0.717, 1.165) is 11.1 Å². The number of carbonyl (C=O) groups is 1. The van der Waals surface area contributed by atoms with Gasteiger partial charge in [-0.15, -0.1) is 0 Å². The summed E-state index contributed by atoms with van der Waals surface area (Å²) in [5, 5.41) is 23.1. The van der Waals surface area contributed by atoms with E-state index < -0.39 is 10.8 Å². The highest BCUT2D eigenvalue weighted by atomic mass is 16.6. The molecule has 0 heterocycles. The Balaban J connectivity index is 2.28. The van der Waals surface area contributed by atoms with Crippen LogP contribution in [-0.2, 0) is 0 Å². The maximum Gasteiger partial charge on any atom is 0.282 e. The molecule has 0 saturated heterocycles. The van der Waals surface area contributed by atoms with E-state index in [-0.39, 0.29) is 23.9 Å². The summed E-state index contributed by atoms with van der Waals surface area (Å²) in [7, 11) is 0. The van der Waals surface area contributed by atoms with Gasteiger partial charge < -0.3 is 10.4 Å². The van der Waals surface area contributed by atoms with Gasteiger partial charge in [-0.2, -0.15) is 0 Å². The van der Waals surface area contributed by atoms with Gasteiger partial charge in [0, 0.05) is 12.7 Å². The first-order valence-corrected chi connectivity index (χ1v) is 7.74. The van der Waals surface area contributed by atoms with E-state index in [0.29, 0.717) is 12.8 Å². The summed E-state index contributed by atoms with van der Waals surface area (Å²) in [6.45, 7) is 1.80. The van der Waals surface area contributed by atoms with E-state index in [4.69, 9.17) is 5.11 Å². The summed E-state index contributed by atoms with van der Waals surface area (Å²) in [6, 6.07) is 13.5. The van der Waals surface area contributed by atoms with Gasteiger partial charge in [0.1, 0.15) is 5.56 Å². The van der Waals surface area contributed by atoms with Crippen molar-refractivity contribution in [1.29, 1.82) is 0 Å². The van der Waals surface area contributed by atoms with Crippen LogP contribution < -0.4 is 5.32 Å². The number of nitro groups is 1. The first-order valence-electron chi connectivity index (χ1n) is 7.74. The fourth-order valence-corrected chi connectivity index (χ4v) is 2.53. The number of rotatable bonds is 7.